The highest BCUT2D eigenvalue weighted by Crippen LogP contribution is 2.34. The van der Waals surface area contributed by atoms with Crippen LogP contribution in [0.5, 0.6) is 0 Å². The smallest absolute Gasteiger partial charge is 0.346 e. The van der Waals surface area contributed by atoms with Crippen LogP contribution < -0.4 is 5.32 Å². The van der Waals surface area contributed by atoms with E-state index in [-0.39, 0.29) is 5.69 Å². The second kappa shape index (κ2) is 7.87. The van der Waals surface area contributed by atoms with Crippen LogP contribution in [0, 0.1) is 0 Å². The van der Waals surface area contributed by atoms with Gasteiger partial charge in [-0.25, -0.2) is 4.98 Å². The van der Waals surface area contributed by atoms with E-state index in [0.29, 0.717) is 0 Å². The second-order valence-electron chi connectivity index (χ2n) is 6.63. The van der Waals surface area contributed by atoms with Crippen LogP contribution in [-0.2, 0) is 11.0 Å². The lowest BCUT2D eigenvalue weighted by Gasteiger charge is -2.12. The van der Waals surface area contributed by atoms with Crippen LogP contribution in [-0.4, -0.2) is 15.9 Å². The Morgan fingerprint density at radius 2 is 1.83 bits per heavy atom. The lowest BCUT2D eigenvalue weighted by Crippen LogP contribution is -2.14. The topological polar surface area (TPSA) is 57.8 Å². The van der Waals surface area contributed by atoms with E-state index in [9.17, 15) is 18.0 Å². The van der Waals surface area contributed by atoms with Crippen LogP contribution in [0.4, 0.5) is 18.9 Å². The Morgan fingerprint density at radius 1 is 1.00 bits per heavy atom. The van der Waals surface area contributed by atoms with Crippen molar-refractivity contribution in [3.63, 3.8) is 0 Å². The van der Waals surface area contributed by atoms with Crippen molar-refractivity contribution in [1.29, 1.82) is 0 Å². The molecule has 0 fully saturated rings. The maximum atomic E-state index is 13.1. The normalized spacial score (nSPS) is 11.8. The molecule has 0 atom stereocenters. The van der Waals surface area contributed by atoms with Crippen LogP contribution in [0.3, 0.4) is 0 Å². The van der Waals surface area contributed by atoms with Crippen LogP contribution >= 0.6 is 0 Å². The summed E-state index contributed by atoms with van der Waals surface area (Å²) in [4.78, 5) is 19.6. The van der Waals surface area contributed by atoms with Gasteiger partial charge in [0.05, 0.1) is 11.3 Å². The van der Waals surface area contributed by atoms with Crippen molar-refractivity contribution in [3.8, 4) is 11.1 Å². The van der Waals surface area contributed by atoms with Gasteiger partial charge in [0.25, 0.3) is 0 Å². The van der Waals surface area contributed by atoms with Crippen molar-refractivity contribution in [1.82, 2.24) is 9.97 Å². The number of hydrogen-bond donors (Lipinski definition) is 2. The molecule has 0 radical (unpaired) electrons. The fraction of sp³-hybridized carbons (Fsp3) is 0.0435. The summed E-state index contributed by atoms with van der Waals surface area (Å²) in [6.07, 6.45) is 1.78. The third kappa shape index (κ3) is 4.25. The van der Waals surface area contributed by atoms with Gasteiger partial charge in [0.15, 0.2) is 0 Å². The Morgan fingerprint density at radius 3 is 2.67 bits per heavy atom. The Bertz CT molecular complexity index is 1240. The number of carbonyl (C=O) groups excluding carboxylic acids is 1. The van der Waals surface area contributed by atoms with E-state index < -0.39 is 17.6 Å². The SMILES string of the molecule is O=C(C=Cc1cccc(-c2cnc3[nH]ccc3c2)c1)Nc1ccccc1C(F)(F)F. The first-order valence-corrected chi connectivity index (χ1v) is 9.09. The maximum absolute atomic E-state index is 13.1. The van der Waals surface area contributed by atoms with E-state index in [0.717, 1.165) is 33.8 Å². The fourth-order valence-corrected chi connectivity index (χ4v) is 3.11. The second-order valence-corrected chi connectivity index (χ2v) is 6.63. The molecule has 0 saturated carbocycles. The van der Waals surface area contributed by atoms with Crippen molar-refractivity contribution in [2.75, 3.05) is 5.32 Å². The molecule has 7 heteroatoms. The number of rotatable bonds is 4. The number of carbonyl (C=O) groups is 1. The molecule has 4 rings (SSSR count). The van der Waals surface area contributed by atoms with Crippen molar-refractivity contribution in [2.24, 2.45) is 0 Å². The van der Waals surface area contributed by atoms with Crippen LogP contribution in [0.15, 0.2) is 79.1 Å². The predicted molar refractivity (Wildman–Crippen MR) is 111 cm³/mol. The predicted octanol–water partition coefficient (Wildman–Crippen LogP) is 5.90. The first-order chi connectivity index (χ1) is 14.4. The lowest BCUT2D eigenvalue weighted by molar-refractivity contribution is -0.136. The summed E-state index contributed by atoms with van der Waals surface area (Å²) >= 11 is 0. The molecule has 30 heavy (non-hydrogen) atoms. The zero-order valence-corrected chi connectivity index (χ0v) is 15.6. The van der Waals surface area contributed by atoms with Gasteiger partial charge in [0, 0.05) is 29.4 Å². The molecule has 0 aliphatic carbocycles. The first-order valence-electron chi connectivity index (χ1n) is 9.09. The van der Waals surface area contributed by atoms with E-state index in [4.69, 9.17) is 0 Å². The number of anilines is 1. The summed E-state index contributed by atoms with van der Waals surface area (Å²) in [6, 6.07) is 16.2. The minimum Gasteiger partial charge on any atom is -0.346 e. The number of amides is 1. The molecule has 4 nitrogen and oxygen atoms in total. The van der Waals surface area contributed by atoms with E-state index in [2.05, 4.69) is 15.3 Å². The van der Waals surface area contributed by atoms with E-state index in [1.54, 1.807) is 18.3 Å². The minimum atomic E-state index is -4.55. The number of aromatic amines is 1. The van der Waals surface area contributed by atoms with Gasteiger partial charge in [-0.3, -0.25) is 4.79 Å². The number of benzene rings is 2. The highest BCUT2D eigenvalue weighted by atomic mass is 19.4. The van der Waals surface area contributed by atoms with Crippen molar-refractivity contribution < 1.29 is 18.0 Å². The lowest BCUT2D eigenvalue weighted by atomic mass is 10.0. The Hall–Kier alpha value is -3.87. The van der Waals surface area contributed by atoms with Gasteiger partial charge < -0.3 is 10.3 Å². The van der Waals surface area contributed by atoms with Gasteiger partial charge in [-0.2, -0.15) is 13.2 Å². The Balaban J connectivity index is 1.52. The highest BCUT2D eigenvalue weighted by Gasteiger charge is 2.33. The number of hydrogen-bond acceptors (Lipinski definition) is 2. The van der Waals surface area contributed by atoms with Crippen LogP contribution in [0.2, 0.25) is 0 Å². The zero-order valence-electron chi connectivity index (χ0n) is 15.6. The van der Waals surface area contributed by atoms with Gasteiger partial charge in [-0.1, -0.05) is 30.3 Å². The number of fused-ring (bicyclic) bond motifs is 1. The van der Waals surface area contributed by atoms with E-state index in [1.165, 1.54) is 24.3 Å². The monoisotopic (exact) mass is 407 g/mol. The molecule has 2 N–H and O–H groups in total. The standard InChI is InChI=1S/C23H16F3N3O/c24-23(25,26)19-6-1-2-7-20(19)29-21(30)9-8-15-4-3-5-16(12-15)18-13-17-10-11-27-22(17)28-14-18/h1-14H,(H,27,28)(H,29,30). The molecule has 2 aromatic carbocycles. The molecule has 4 aromatic rings. The molecule has 0 unspecified atom stereocenters. The number of nitrogens with one attached hydrogen (secondary N) is 2. The quantitative estimate of drug-likeness (QED) is 0.414. The van der Waals surface area contributed by atoms with Crippen LogP contribution in [0.1, 0.15) is 11.1 Å². The maximum Gasteiger partial charge on any atom is 0.418 e. The van der Waals surface area contributed by atoms with E-state index in [1.807, 2.05) is 36.5 Å². The largest absolute Gasteiger partial charge is 0.418 e. The fourth-order valence-electron chi connectivity index (χ4n) is 3.11. The molecule has 0 aliphatic heterocycles. The minimum absolute atomic E-state index is 0.278. The number of H-pyrrole nitrogens is 1. The molecule has 0 saturated heterocycles. The summed E-state index contributed by atoms with van der Waals surface area (Å²) in [5, 5.41) is 3.27. The molecular formula is C23H16F3N3O. The molecule has 0 bridgehead atoms. The highest BCUT2D eigenvalue weighted by molar-refractivity contribution is 6.02. The average Bonchev–Trinajstić information content (AvgIpc) is 3.20. The summed E-state index contributed by atoms with van der Waals surface area (Å²) in [5.74, 6) is -0.646. The zero-order chi connectivity index (χ0) is 21.1. The van der Waals surface area contributed by atoms with Gasteiger partial charge >= 0.3 is 6.18 Å². The van der Waals surface area contributed by atoms with Gasteiger partial charge in [0.2, 0.25) is 5.91 Å². The summed E-state index contributed by atoms with van der Waals surface area (Å²) in [5.41, 5.74) is 2.20. The number of para-hydroxylation sites is 1. The number of halogens is 3. The molecular weight excluding hydrogens is 391 g/mol. The molecule has 2 heterocycles. The third-order valence-corrected chi connectivity index (χ3v) is 4.54. The average molecular weight is 407 g/mol. The van der Waals surface area contributed by atoms with Gasteiger partial charge in [-0.15, -0.1) is 0 Å². The van der Waals surface area contributed by atoms with Crippen molar-refractivity contribution >= 4 is 28.7 Å². The number of alkyl halides is 3. The molecule has 0 aliphatic rings. The molecule has 2 aromatic heterocycles. The first kappa shape index (κ1) is 19.4. The van der Waals surface area contributed by atoms with Gasteiger partial charge in [-0.05, 0) is 47.5 Å². The van der Waals surface area contributed by atoms with Crippen LogP contribution in [0.25, 0.3) is 28.2 Å². The molecule has 150 valence electrons. The van der Waals surface area contributed by atoms with Crippen molar-refractivity contribution in [3.05, 3.63) is 90.3 Å². The third-order valence-electron chi connectivity index (χ3n) is 4.54. The molecule has 0 spiro atoms. The van der Waals surface area contributed by atoms with Crippen molar-refractivity contribution in [2.45, 2.75) is 6.18 Å². The summed E-state index contributed by atoms with van der Waals surface area (Å²) in [6.45, 7) is 0. The summed E-state index contributed by atoms with van der Waals surface area (Å²) in [7, 11) is 0. The number of nitrogens with zero attached hydrogens (tertiary/aromatic N) is 1. The number of aromatic nitrogens is 2. The summed E-state index contributed by atoms with van der Waals surface area (Å²) < 4.78 is 39.2. The Labute approximate surface area is 170 Å². The van der Waals surface area contributed by atoms with Gasteiger partial charge in [0.1, 0.15) is 5.65 Å². The Kier molecular flexibility index (Phi) is 5.10. The number of pyridine rings is 1. The van der Waals surface area contributed by atoms with E-state index >= 15 is 0 Å². The molecule has 1 amide bonds.